The van der Waals surface area contributed by atoms with E-state index in [0.29, 0.717) is 26.1 Å². The maximum absolute atomic E-state index is 12.7. The molecule has 0 bridgehead atoms. The monoisotopic (exact) mass is 335 g/mol. The average molecular weight is 335 g/mol. The Labute approximate surface area is 142 Å². The number of aryl methyl sites for hydroxylation is 1. The molecule has 1 aliphatic heterocycles. The maximum atomic E-state index is 12.7. The first kappa shape index (κ1) is 18.4. The van der Waals surface area contributed by atoms with Gasteiger partial charge in [-0.05, 0) is 24.6 Å². The van der Waals surface area contributed by atoms with Crippen LogP contribution in [0.4, 0.5) is 0 Å². The second kappa shape index (κ2) is 8.21. The maximum Gasteiger partial charge on any atom is 0.227 e. The number of hydrogen-bond donors (Lipinski definition) is 1. The summed E-state index contributed by atoms with van der Waals surface area (Å²) in [6.45, 7) is 3.43. The zero-order chi connectivity index (χ0) is 17.6. The molecule has 1 atom stereocenters. The lowest BCUT2D eigenvalue weighted by atomic mass is 9.98. The van der Waals surface area contributed by atoms with Gasteiger partial charge in [0.15, 0.2) is 0 Å². The second-order valence-electron chi connectivity index (χ2n) is 6.09. The lowest BCUT2D eigenvalue weighted by Gasteiger charge is -2.33. The Hall–Kier alpha value is -1.99. The summed E-state index contributed by atoms with van der Waals surface area (Å²) in [5.41, 5.74) is 0.984. The first-order chi connectivity index (χ1) is 11.5. The van der Waals surface area contributed by atoms with Crippen LogP contribution >= 0.6 is 0 Å². The minimum atomic E-state index is -0.819. The van der Waals surface area contributed by atoms with E-state index >= 15 is 0 Å². The van der Waals surface area contributed by atoms with Crippen LogP contribution in [0.15, 0.2) is 18.3 Å². The van der Waals surface area contributed by atoms with Gasteiger partial charge in [0.2, 0.25) is 11.8 Å². The van der Waals surface area contributed by atoms with Crippen molar-refractivity contribution in [3.05, 3.63) is 29.6 Å². The molecule has 0 unspecified atom stereocenters. The predicted octanol–water partition coefficient (Wildman–Crippen LogP) is 0.313. The summed E-state index contributed by atoms with van der Waals surface area (Å²) in [7, 11) is 3.13. The summed E-state index contributed by atoms with van der Waals surface area (Å²) in [5, 5.41) is 2.60. The zero-order valence-electron chi connectivity index (χ0n) is 14.5. The van der Waals surface area contributed by atoms with E-state index in [1.807, 2.05) is 19.1 Å². The normalized spacial score (nSPS) is 21.2. The Morgan fingerprint density at radius 1 is 1.50 bits per heavy atom. The number of ether oxygens (including phenoxy) is 2. The smallest absolute Gasteiger partial charge is 0.227 e. The summed E-state index contributed by atoms with van der Waals surface area (Å²) < 4.78 is 11.2. The largest absolute Gasteiger partial charge is 0.377 e. The number of methoxy groups -OCH3 is 1. The van der Waals surface area contributed by atoms with E-state index in [1.54, 1.807) is 25.3 Å². The molecule has 132 valence electrons. The van der Waals surface area contributed by atoms with Crippen molar-refractivity contribution in [1.82, 2.24) is 15.2 Å². The van der Waals surface area contributed by atoms with Crippen molar-refractivity contribution in [1.29, 1.82) is 0 Å². The quantitative estimate of drug-likeness (QED) is 0.838. The van der Waals surface area contributed by atoms with Crippen LogP contribution in [0.25, 0.3) is 0 Å². The van der Waals surface area contributed by atoms with Gasteiger partial charge in [-0.1, -0.05) is 0 Å². The molecule has 0 saturated carbocycles. The molecule has 7 nitrogen and oxygen atoms in total. The van der Waals surface area contributed by atoms with Crippen molar-refractivity contribution < 1.29 is 19.1 Å². The average Bonchev–Trinajstić information content (AvgIpc) is 2.78. The highest BCUT2D eigenvalue weighted by atomic mass is 16.5. The molecule has 7 heteroatoms. The van der Waals surface area contributed by atoms with E-state index in [4.69, 9.17) is 9.47 Å². The number of nitrogens with one attached hydrogen (secondary N) is 1. The Bertz CT molecular complexity index is 593. The predicted molar refractivity (Wildman–Crippen MR) is 88.5 cm³/mol. The van der Waals surface area contributed by atoms with Crippen molar-refractivity contribution in [2.24, 2.45) is 0 Å². The molecule has 1 aromatic heterocycles. The van der Waals surface area contributed by atoms with Gasteiger partial charge in [-0.2, -0.15) is 0 Å². The first-order valence-electron chi connectivity index (χ1n) is 8.01. The van der Waals surface area contributed by atoms with Gasteiger partial charge in [0.1, 0.15) is 5.60 Å². The number of hydrogen-bond acceptors (Lipinski definition) is 5. The van der Waals surface area contributed by atoms with E-state index in [-0.39, 0.29) is 24.8 Å². The molecular weight excluding hydrogens is 310 g/mol. The fourth-order valence-corrected chi connectivity index (χ4v) is 2.80. The summed E-state index contributed by atoms with van der Waals surface area (Å²) in [5.74, 6) is -0.149. The van der Waals surface area contributed by atoms with Gasteiger partial charge in [0.25, 0.3) is 0 Å². The SMILES string of the molecule is CNC(=O)C[C@]1(OC)COCCN(C(=O)Cc2ccnc(C)c2)C1. The minimum absolute atomic E-state index is 0.00979. The van der Waals surface area contributed by atoms with Crippen LogP contribution in [0.2, 0.25) is 0 Å². The summed E-state index contributed by atoms with van der Waals surface area (Å²) in [6.07, 6.45) is 2.15. The van der Waals surface area contributed by atoms with Crippen LogP contribution in [0.5, 0.6) is 0 Å². The highest BCUT2D eigenvalue weighted by Gasteiger charge is 2.38. The third-order valence-corrected chi connectivity index (χ3v) is 4.21. The molecule has 0 aromatic carbocycles. The highest BCUT2D eigenvalue weighted by molar-refractivity contribution is 5.79. The molecule has 1 saturated heterocycles. The Morgan fingerprint density at radius 3 is 2.96 bits per heavy atom. The van der Waals surface area contributed by atoms with Crippen LogP contribution in [0.1, 0.15) is 17.7 Å². The van der Waals surface area contributed by atoms with Crippen LogP contribution in [0.3, 0.4) is 0 Å². The molecule has 2 heterocycles. The number of amides is 2. The summed E-state index contributed by atoms with van der Waals surface area (Å²) >= 11 is 0. The molecule has 2 rings (SSSR count). The number of aromatic nitrogens is 1. The van der Waals surface area contributed by atoms with E-state index in [1.165, 1.54) is 0 Å². The summed E-state index contributed by atoms with van der Waals surface area (Å²) in [6, 6.07) is 3.74. The molecule has 2 amide bonds. The fraction of sp³-hybridized carbons (Fsp3) is 0.588. The molecule has 1 fully saturated rings. The van der Waals surface area contributed by atoms with Gasteiger partial charge in [-0.15, -0.1) is 0 Å². The molecule has 0 radical (unpaired) electrons. The molecule has 0 spiro atoms. The van der Waals surface area contributed by atoms with Gasteiger partial charge in [0.05, 0.1) is 32.6 Å². The Kier molecular flexibility index (Phi) is 6.28. The Morgan fingerprint density at radius 2 is 2.29 bits per heavy atom. The number of carbonyl (C=O) groups is 2. The molecule has 0 aliphatic carbocycles. The van der Waals surface area contributed by atoms with Gasteiger partial charge >= 0.3 is 0 Å². The zero-order valence-corrected chi connectivity index (χ0v) is 14.5. The number of carbonyl (C=O) groups excluding carboxylic acids is 2. The number of nitrogens with zero attached hydrogens (tertiary/aromatic N) is 2. The standard InChI is InChI=1S/C17H25N3O4/c1-13-8-14(4-5-19-13)9-16(22)20-6-7-24-12-17(11-20,23-3)10-15(21)18-2/h4-5,8H,6-7,9-12H2,1-3H3,(H,18,21)/t17-/m1/s1. The Balaban J connectivity index is 2.10. The third kappa shape index (κ3) is 4.75. The molecule has 1 N–H and O–H groups in total. The molecular formula is C17H25N3O4. The van der Waals surface area contributed by atoms with E-state index in [2.05, 4.69) is 10.3 Å². The van der Waals surface area contributed by atoms with Crippen molar-refractivity contribution in [2.75, 3.05) is 40.5 Å². The minimum Gasteiger partial charge on any atom is -0.377 e. The summed E-state index contributed by atoms with van der Waals surface area (Å²) in [4.78, 5) is 30.3. The lowest BCUT2D eigenvalue weighted by molar-refractivity contribution is -0.139. The van der Waals surface area contributed by atoms with E-state index in [0.717, 1.165) is 11.3 Å². The third-order valence-electron chi connectivity index (χ3n) is 4.21. The van der Waals surface area contributed by atoms with Gasteiger partial charge in [-0.25, -0.2) is 0 Å². The van der Waals surface area contributed by atoms with Crippen molar-refractivity contribution in [3.8, 4) is 0 Å². The molecule has 24 heavy (non-hydrogen) atoms. The highest BCUT2D eigenvalue weighted by Crippen LogP contribution is 2.21. The van der Waals surface area contributed by atoms with Crippen LogP contribution < -0.4 is 5.32 Å². The van der Waals surface area contributed by atoms with Crippen LogP contribution in [0, 0.1) is 6.92 Å². The van der Waals surface area contributed by atoms with Gasteiger partial charge in [0, 0.05) is 32.6 Å². The lowest BCUT2D eigenvalue weighted by Crippen LogP contribution is -2.50. The van der Waals surface area contributed by atoms with Gasteiger partial charge < -0.3 is 19.7 Å². The van der Waals surface area contributed by atoms with Crippen molar-refractivity contribution in [3.63, 3.8) is 0 Å². The first-order valence-corrected chi connectivity index (χ1v) is 8.01. The van der Waals surface area contributed by atoms with Gasteiger partial charge in [-0.3, -0.25) is 14.6 Å². The topological polar surface area (TPSA) is 80.8 Å². The van der Waals surface area contributed by atoms with Crippen molar-refractivity contribution >= 4 is 11.8 Å². The number of pyridine rings is 1. The fourth-order valence-electron chi connectivity index (χ4n) is 2.80. The molecule has 1 aromatic rings. The van der Waals surface area contributed by atoms with E-state index < -0.39 is 5.60 Å². The van der Waals surface area contributed by atoms with Crippen LogP contribution in [-0.4, -0.2) is 67.8 Å². The van der Waals surface area contributed by atoms with Crippen molar-refractivity contribution in [2.45, 2.75) is 25.4 Å². The van der Waals surface area contributed by atoms with Crippen LogP contribution in [-0.2, 0) is 25.5 Å². The number of rotatable bonds is 5. The van der Waals surface area contributed by atoms with E-state index in [9.17, 15) is 9.59 Å². The molecule has 1 aliphatic rings. The second-order valence-corrected chi connectivity index (χ2v) is 6.09.